The van der Waals surface area contributed by atoms with Crippen LogP contribution >= 0.6 is 31.9 Å². The third kappa shape index (κ3) is 3.67. The van der Waals surface area contributed by atoms with Gasteiger partial charge in [0.15, 0.2) is 4.73 Å². The molecule has 0 atom stereocenters. The smallest absolute Gasteiger partial charge is 0.200 e. The van der Waals surface area contributed by atoms with E-state index >= 15 is 0 Å². The summed E-state index contributed by atoms with van der Waals surface area (Å²) in [5, 5.41) is 21.1. The molecule has 1 aromatic heterocycles. The summed E-state index contributed by atoms with van der Waals surface area (Å²) in [6.45, 7) is 0.613. The number of fused-ring (bicyclic) bond motifs is 1. The maximum absolute atomic E-state index is 10.6. The highest BCUT2D eigenvalue weighted by molar-refractivity contribution is 9.10. The molecule has 0 bridgehead atoms. The Morgan fingerprint density at radius 2 is 1.83 bits per heavy atom. The van der Waals surface area contributed by atoms with Gasteiger partial charge in [-0.3, -0.25) is 0 Å². The Morgan fingerprint density at radius 3 is 2.58 bits per heavy atom. The van der Waals surface area contributed by atoms with E-state index in [9.17, 15) is 9.90 Å². The number of rotatable bonds is 6. The van der Waals surface area contributed by atoms with E-state index in [1.54, 1.807) is 0 Å². The number of benzene rings is 2. The number of carboxylic acid groups (broad SMARTS) is 1. The summed E-state index contributed by atoms with van der Waals surface area (Å²) >= 11 is 7.01. The lowest BCUT2D eigenvalue weighted by atomic mass is 10.0. The van der Waals surface area contributed by atoms with Gasteiger partial charge in [-0.05, 0) is 51.2 Å². The fourth-order valence-corrected chi connectivity index (χ4v) is 3.57. The SMILES string of the molecule is O=C([O-])CCCc1nnc(Br)n1Cc1ccc(Br)c2ccccc12. The summed E-state index contributed by atoms with van der Waals surface area (Å²) < 4.78 is 3.65. The van der Waals surface area contributed by atoms with Crippen LogP contribution in [0.2, 0.25) is 0 Å². The number of aliphatic carboxylic acids is 1. The molecule has 3 rings (SSSR count). The number of halogens is 2. The van der Waals surface area contributed by atoms with E-state index in [4.69, 9.17) is 0 Å². The van der Waals surface area contributed by atoms with Crippen LogP contribution < -0.4 is 5.11 Å². The molecule has 24 heavy (non-hydrogen) atoms. The first-order valence-electron chi connectivity index (χ1n) is 7.50. The third-order valence-electron chi connectivity index (χ3n) is 3.85. The van der Waals surface area contributed by atoms with Crippen molar-refractivity contribution in [3.05, 3.63) is 57.0 Å². The van der Waals surface area contributed by atoms with Gasteiger partial charge in [-0.25, -0.2) is 0 Å². The van der Waals surface area contributed by atoms with Gasteiger partial charge in [0.05, 0.1) is 6.54 Å². The predicted molar refractivity (Wildman–Crippen MR) is 96.4 cm³/mol. The zero-order chi connectivity index (χ0) is 17.1. The van der Waals surface area contributed by atoms with Crippen molar-refractivity contribution < 1.29 is 9.90 Å². The summed E-state index contributed by atoms with van der Waals surface area (Å²) in [4.78, 5) is 10.6. The summed E-state index contributed by atoms with van der Waals surface area (Å²) in [5.41, 5.74) is 1.15. The first kappa shape index (κ1) is 17.1. The number of aryl methyl sites for hydroxylation is 1. The van der Waals surface area contributed by atoms with Crippen LogP contribution in [0.1, 0.15) is 24.2 Å². The van der Waals surface area contributed by atoms with E-state index in [0.717, 1.165) is 26.6 Å². The van der Waals surface area contributed by atoms with Crippen LogP contribution in [-0.2, 0) is 17.8 Å². The highest BCUT2D eigenvalue weighted by Gasteiger charge is 2.12. The first-order valence-corrected chi connectivity index (χ1v) is 9.08. The molecule has 0 saturated carbocycles. The van der Waals surface area contributed by atoms with Crippen molar-refractivity contribution in [3.8, 4) is 0 Å². The lowest BCUT2D eigenvalue weighted by Gasteiger charge is -2.12. The van der Waals surface area contributed by atoms with Crippen molar-refractivity contribution in [1.29, 1.82) is 0 Å². The van der Waals surface area contributed by atoms with Gasteiger partial charge in [0.25, 0.3) is 0 Å². The summed E-state index contributed by atoms with van der Waals surface area (Å²) in [7, 11) is 0. The molecule has 0 spiro atoms. The minimum absolute atomic E-state index is 0.0195. The molecule has 0 radical (unpaired) electrons. The van der Waals surface area contributed by atoms with E-state index in [1.807, 2.05) is 22.8 Å². The molecule has 7 heteroatoms. The van der Waals surface area contributed by atoms with Gasteiger partial charge in [0.2, 0.25) is 0 Å². The molecule has 0 unspecified atom stereocenters. The van der Waals surface area contributed by atoms with E-state index in [-0.39, 0.29) is 6.42 Å². The Balaban J connectivity index is 1.91. The number of hydrogen-bond acceptors (Lipinski definition) is 4. The average Bonchev–Trinajstić information content (AvgIpc) is 2.90. The van der Waals surface area contributed by atoms with E-state index < -0.39 is 5.97 Å². The number of carbonyl (C=O) groups is 1. The molecule has 1 heterocycles. The summed E-state index contributed by atoms with van der Waals surface area (Å²) in [6, 6.07) is 12.3. The van der Waals surface area contributed by atoms with Crippen molar-refractivity contribution in [1.82, 2.24) is 14.8 Å². The molecule has 3 aromatic rings. The van der Waals surface area contributed by atoms with Gasteiger partial charge in [-0.1, -0.05) is 46.3 Å². The molecule has 0 fully saturated rings. The fourth-order valence-electron chi connectivity index (χ4n) is 2.68. The highest BCUT2D eigenvalue weighted by Crippen LogP contribution is 2.28. The highest BCUT2D eigenvalue weighted by atomic mass is 79.9. The first-order chi connectivity index (χ1) is 11.6. The Bertz CT molecular complexity index is 893. The molecule has 0 aliphatic rings. The zero-order valence-corrected chi connectivity index (χ0v) is 15.9. The Kier molecular flexibility index (Phi) is 5.30. The topological polar surface area (TPSA) is 70.8 Å². The molecule has 0 aliphatic heterocycles. The Hall–Kier alpha value is -1.73. The number of aromatic nitrogens is 3. The van der Waals surface area contributed by atoms with E-state index in [2.05, 4.69) is 60.3 Å². The fraction of sp³-hybridized carbons (Fsp3) is 0.235. The van der Waals surface area contributed by atoms with Gasteiger partial charge >= 0.3 is 0 Å². The molecule has 0 saturated heterocycles. The molecule has 124 valence electrons. The van der Waals surface area contributed by atoms with Crippen LogP contribution in [0.15, 0.2) is 45.6 Å². The lowest BCUT2D eigenvalue weighted by Crippen LogP contribution is -2.22. The minimum Gasteiger partial charge on any atom is -0.550 e. The van der Waals surface area contributed by atoms with E-state index in [0.29, 0.717) is 24.1 Å². The monoisotopic (exact) mass is 450 g/mol. The number of carboxylic acids is 1. The van der Waals surface area contributed by atoms with Gasteiger partial charge in [0, 0.05) is 16.9 Å². The molecule has 0 amide bonds. The maximum Gasteiger partial charge on any atom is 0.200 e. The van der Waals surface area contributed by atoms with Crippen LogP contribution in [0, 0.1) is 0 Å². The largest absolute Gasteiger partial charge is 0.550 e. The molecule has 0 aliphatic carbocycles. The van der Waals surface area contributed by atoms with Crippen LogP contribution in [0.5, 0.6) is 0 Å². The standard InChI is InChI=1S/C17H15Br2N3O2/c18-14-9-8-11(12-4-1-2-5-13(12)14)10-22-15(20-21-17(22)19)6-3-7-16(23)24/h1-2,4-5,8-9H,3,6-7,10H2,(H,23,24)/p-1. The van der Waals surface area contributed by atoms with E-state index in [1.165, 1.54) is 0 Å². The van der Waals surface area contributed by atoms with Crippen LogP contribution in [0.25, 0.3) is 10.8 Å². The summed E-state index contributed by atoms with van der Waals surface area (Å²) in [6.07, 6.45) is 1.04. The van der Waals surface area contributed by atoms with Crippen LogP contribution in [0.3, 0.4) is 0 Å². The van der Waals surface area contributed by atoms with Crippen molar-refractivity contribution in [2.45, 2.75) is 25.8 Å². The molecule has 2 aromatic carbocycles. The van der Waals surface area contributed by atoms with Crippen LogP contribution in [0.4, 0.5) is 0 Å². The Labute approximate surface area is 156 Å². The number of nitrogens with zero attached hydrogens (tertiary/aromatic N) is 3. The van der Waals surface area contributed by atoms with Crippen molar-refractivity contribution >= 4 is 48.6 Å². The zero-order valence-electron chi connectivity index (χ0n) is 12.7. The van der Waals surface area contributed by atoms with Crippen LogP contribution in [-0.4, -0.2) is 20.7 Å². The van der Waals surface area contributed by atoms with Gasteiger partial charge in [-0.2, -0.15) is 0 Å². The predicted octanol–water partition coefficient (Wildman–Crippen LogP) is 3.08. The van der Waals surface area contributed by atoms with Crippen molar-refractivity contribution in [2.24, 2.45) is 0 Å². The quantitative estimate of drug-likeness (QED) is 0.577. The second-order valence-electron chi connectivity index (χ2n) is 5.45. The molecule has 0 N–H and O–H groups in total. The second kappa shape index (κ2) is 7.44. The summed E-state index contributed by atoms with van der Waals surface area (Å²) in [5.74, 6) is -0.283. The number of carbonyl (C=O) groups excluding carboxylic acids is 1. The lowest BCUT2D eigenvalue weighted by molar-refractivity contribution is -0.305. The van der Waals surface area contributed by atoms with Gasteiger partial charge in [-0.15, -0.1) is 10.2 Å². The molecular formula is C17H14Br2N3O2-. The third-order valence-corrected chi connectivity index (χ3v) is 5.13. The van der Waals surface area contributed by atoms with Gasteiger partial charge in [0.1, 0.15) is 5.82 Å². The molecule has 5 nitrogen and oxygen atoms in total. The van der Waals surface area contributed by atoms with Crippen molar-refractivity contribution in [3.63, 3.8) is 0 Å². The normalized spacial score (nSPS) is 11.1. The maximum atomic E-state index is 10.6. The van der Waals surface area contributed by atoms with Crippen molar-refractivity contribution in [2.75, 3.05) is 0 Å². The average molecular weight is 452 g/mol. The number of hydrogen-bond donors (Lipinski definition) is 0. The Morgan fingerprint density at radius 1 is 1.08 bits per heavy atom. The second-order valence-corrected chi connectivity index (χ2v) is 7.01. The van der Waals surface area contributed by atoms with Gasteiger partial charge < -0.3 is 14.5 Å². The molecular weight excluding hydrogens is 438 g/mol. The minimum atomic E-state index is -1.04.